The molecule has 1 aliphatic heterocycles. The highest BCUT2D eigenvalue weighted by molar-refractivity contribution is 9.10. The SMILES string of the molecule is O=C(Nc1ccccc1C(=O)NCC1CCCO1)c1cc(Br)ccc1F. The lowest BCUT2D eigenvalue weighted by molar-refractivity contribution is 0.0858. The van der Waals surface area contributed by atoms with E-state index in [-0.39, 0.29) is 17.6 Å². The zero-order valence-corrected chi connectivity index (χ0v) is 15.5. The maximum absolute atomic E-state index is 13.9. The summed E-state index contributed by atoms with van der Waals surface area (Å²) in [5.41, 5.74) is 0.532. The molecule has 1 atom stereocenters. The van der Waals surface area contributed by atoms with Gasteiger partial charge < -0.3 is 15.4 Å². The van der Waals surface area contributed by atoms with Crippen molar-refractivity contribution in [3.63, 3.8) is 0 Å². The van der Waals surface area contributed by atoms with Gasteiger partial charge in [-0.1, -0.05) is 28.1 Å². The predicted molar refractivity (Wildman–Crippen MR) is 99.8 cm³/mol. The maximum atomic E-state index is 13.9. The summed E-state index contributed by atoms with van der Waals surface area (Å²) < 4.78 is 20.0. The molecule has 0 bridgehead atoms. The fraction of sp³-hybridized carbons (Fsp3) is 0.263. The third-order valence-corrected chi connectivity index (χ3v) is 4.60. The first kappa shape index (κ1) is 18.5. The number of nitrogens with one attached hydrogen (secondary N) is 2. The summed E-state index contributed by atoms with van der Waals surface area (Å²) >= 11 is 3.22. The molecule has 26 heavy (non-hydrogen) atoms. The van der Waals surface area contributed by atoms with Crippen molar-refractivity contribution in [2.75, 3.05) is 18.5 Å². The van der Waals surface area contributed by atoms with E-state index < -0.39 is 11.7 Å². The van der Waals surface area contributed by atoms with Crippen LogP contribution in [0.15, 0.2) is 46.9 Å². The minimum absolute atomic E-state index is 0.0245. The molecule has 1 fully saturated rings. The zero-order chi connectivity index (χ0) is 18.5. The highest BCUT2D eigenvalue weighted by atomic mass is 79.9. The van der Waals surface area contributed by atoms with Crippen molar-refractivity contribution in [2.24, 2.45) is 0 Å². The smallest absolute Gasteiger partial charge is 0.258 e. The molecule has 1 heterocycles. The van der Waals surface area contributed by atoms with Crippen molar-refractivity contribution in [1.82, 2.24) is 5.32 Å². The summed E-state index contributed by atoms with van der Waals surface area (Å²) in [4.78, 5) is 24.9. The number of hydrogen-bond donors (Lipinski definition) is 2. The molecular formula is C19H18BrFN2O3. The Bertz CT molecular complexity index is 822. The Hall–Kier alpha value is -2.25. The maximum Gasteiger partial charge on any atom is 0.258 e. The van der Waals surface area contributed by atoms with E-state index in [1.807, 2.05) is 0 Å². The Morgan fingerprint density at radius 3 is 2.73 bits per heavy atom. The molecule has 0 spiro atoms. The molecule has 2 aromatic rings. The summed E-state index contributed by atoms with van der Waals surface area (Å²) in [7, 11) is 0. The van der Waals surface area contributed by atoms with Crippen LogP contribution < -0.4 is 10.6 Å². The van der Waals surface area contributed by atoms with E-state index in [0.717, 1.165) is 12.8 Å². The van der Waals surface area contributed by atoms with E-state index in [4.69, 9.17) is 4.74 Å². The number of amides is 2. The number of ether oxygens (including phenoxy) is 1. The molecule has 1 aliphatic rings. The minimum atomic E-state index is -0.633. The average molecular weight is 421 g/mol. The monoisotopic (exact) mass is 420 g/mol. The molecule has 2 amide bonds. The van der Waals surface area contributed by atoms with Crippen LogP contribution in [-0.2, 0) is 4.74 Å². The highest BCUT2D eigenvalue weighted by Crippen LogP contribution is 2.20. The van der Waals surface area contributed by atoms with Crippen LogP contribution in [0.2, 0.25) is 0 Å². The van der Waals surface area contributed by atoms with E-state index >= 15 is 0 Å². The number of benzene rings is 2. The van der Waals surface area contributed by atoms with Crippen LogP contribution in [0.5, 0.6) is 0 Å². The minimum Gasteiger partial charge on any atom is -0.376 e. The molecule has 7 heteroatoms. The largest absolute Gasteiger partial charge is 0.376 e. The van der Waals surface area contributed by atoms with Crippen molar-refractivity contribution in [1.29, 1.82) is 0 Å². The molecule has 3 rings (SSSR count). The molecule has 0 saturated carbocycles. The molecule has 0 aliphatic carbocycles. The summed E-state index contributed by atoms with van der Waals surface area (Å²) in [5.74, 6) is -1.57. The van der Waals surface area contributed by atoms with Crippen LogP contribution in [0.3, 0.4) is 0 Å². The van der Waals surface area contributed by atoms with Gasteiger partial charge in [0.05, 0.1) is 22.9 Å². The Balaban J connectivity index is 1.73. The first-order chi connectivity index (χ1) is 12.5. The van der Waals surface area contributed by atoms with Crippen molar-refractivity contribution >= 4 is 33.4 Å². The second-order valence-corrected chi connectivity index (χ2v) is 6.88. The lowest BCUT2D eigenvalue weighted by atomic mass is 10.1. The van der Waals surface area contributed by atoms with Gasteiger partial charge in [0.2, 0.25) is 0 Å². The fourth-order valence-corrected chi connectivity index (χ4v) is 3.12. The third-order valence-electron chi connectivity index (χ3n) is 4.11. The first-order valence-corrected chi connectivity index (χ1v) is 9.09. The summed E-state index contributed by atoms with van der Waals surface area (Å²) in [6.07, 6.45) is 1.93. The lowest BCUT2D eigenvalue weighted by Gasteiger charge is -2.14. The topological polar surface area (TPSA) is 67.4 Å². The van der Waals surface area contributed by atoms with Gasteiger partial charge in [-0.15, -0.1) is 0 Å². The number of rotatable bonds is 5. The van der Waals surface area contributed by atoms with Gasteiger partial charge in [-0.3, -0.25) is 9.59 Å². The highest BCUT2D eigenvalue weighted by Gasteiger charge is 2.19. The van der Waals surface area contributed by atoms with E-state index in [1.165, 1.54) is 18.2 Å². The van der Waals surface area contributed by atoms with Gasteiger partial charge in [0, 0.05) is 17.6 Å². The Morgan fingerprint density at radius 1 is 1.15 bits per heavy atom. The lowest BCUT2D eigenvalue weighted by Crippen LogP contribution is -2.32. The van der Waals surface area contributed by atoms with Crippen molar-refractivity contribution in [3.05, 3.63) is 63.9 Å². The molecule has 1 unspecified atom stereocenters. The summed E-state index contributed by atoms with van der Waals surface area (Å²) in [5, 5.41) is 5.43. The number of anilines is 1. The average Bonchev–Trinajstić information content (AvgIpc) is 3.15. The number of carbonyl (C=O) groups is 2. The van der Waals surface area contributed by atoms with Gasteiger partial charge in [0.1, 0.15) is 5.82 Å². The van der Waals surface area contributed by atoms with Gasteiger partial charge in [-0.2, -0.15) is 0 Å². The quantitative estimate of drug-likeness (QED) is 0.773. The van der Waals surface area contributed by atoms with Crippen LogP contribution >= 0.6 is 15.9 Å². The van der Waals surface area contributed by atoms with Crippen molar-refractivity contribution in [3.8, 4) is 0 Å². The molecule has 1 saturated heterocycles. The molecule has 5 nitrogen and oxygen atoms in total. The normalized spacial score (nSPS) is 16.3. The second kappa shape index (κ2) is 8.42. The Kier molecular flexibility index (Phi) is 6.00. The molecule has 136 valence electrons. The first-order valence-electron chi connectivity index (χ1n) is 8.30. The molecular weight excluding hydrogens is 403 g/mol. The Morgan fingerprint density at radius 2 is 1.96 bits per heavy atom. The fourth-order valence-electron chi connectivity index (χ4n) is 2.76. The van der Waals surface area contributed by atoms with Gasteiger partial charge in [-0.25, -0.2) is 4.39 Å². The second-order valence-electron chi connectivity index (χ2n) is 5.97. The van der Waals surface area contributed by atoms with Crippen molar-refractivity contribution in [2.45, 2.75) is 18.9 Å². The van der Waals surface area contributed by atoms with Crippen LogP contribution in [0.4, 0.5) is 10.1 Å². The van der Waals surface area contributed by atoms with E-state index in [1.54, 1.807) is 24.3 Å². The van der Waals surface area contributed by atoms with Crippen LogP contribution in [-0.4, -0.2) is 31.1 Å². The number of carbonyl (C=O) groups excluding carboxylic acids is 2. The van der Waals surface area contributed by atoms with E-state index in [2.05, 4.69) is 26.6 Å². The van der Waals surface area contributed by atoms with Crippen LogP contribution in [0, 0.1) is 5.82 Å². The number of halogens is 2. The van der Waals surface area contributed by atoms with Gasteiger partial charge >= 0.3 is 0 Å². The van der Waals surface area contributed by atoms with Crippen molar-refractivity contribution < 1.29 is 18.7 Å². The molecule has 2 N–H and O–H groups in total. The van der Waals surface area contributed by atoms with Gasteiger partial charge in [-0.05, 0) is 43.2 Å². The Labute approximate surface area is 159 Å². The summed E-state index contributed by atoms with van der Waals surface area (Å²) in [6, 6.07) is 10.7. The zero-order valence-electron chi connectivity index (χ0n) is 13.9. The molecule has 0 radical (unpaired) electrons. The van der Waals surface area contributed by atoms with Crippen LogP contribution in [0.1, 0.15) is 33.6 Å². The molecule has 2 aromatic carbocycles. The molecule has 0 aromatic heterocycles. The predicted octanol–water partition coefficient (Wildman–Crippen LogP) is 3.75. The van der Waals surface area contributed by atoms with E-state index in [9.17, 15) is 14.0 Å². The van der Waals surface area contributed by atoms with Crippen LogP contribution in [0.25, 0.3) is 0 Å². The summed E-state index contributed by atoms with van der Waals surface area (Å²) in [6.45, 7) is 1.13. The third kappa shape index (κ3) is 4.47. The van der Waals surface area contributed by atoms with E-state index in [0.29, 0.717) is 28.9 Å². The number of hydrogen-bond acceptors (Lipinski definition) is 3. The van der Waals surface area contributed by atoms with Gasteiger partial charge in [0.25, 0.3) is 11.8 Å². The standard InChI is InChI=1S/C19H18BrFN2O3/c20-12-7-8-16(21)15(10-12)19(25)23-17-6-2-1-5-14(17)18(24)22-11-13-4-3-9-26-13/h1-2,5-8,10,13H,3-4,9,11H2,(H,22,24)(H,23,25). The number of para-hydroxylation sites is 1. The van der Waals surface area contributed by atoms with Gasteiger partial charge in [0.15, 0.2) is 0 Å².